The Balaban J connectivity index is 2.25. The molecule has 0 aliphatic carbocycles. The van der Waals surface area contributed by atoms with Crippen LogP contribution in [0.3, 0.4) is 0 Å². The predicted octanol–water partition coefficient (Wildman–Crippen LogP) is 1.16. The van der Waals surface area contributed by atoms with Crippen molar-refractivity contribution in [3.63, 3.8) is 0 Å². The quantitative estimate of drug-likeness (QED) is 0.780. The molecule has 1 saturated heterocycles. The molecular weight excluding hydrogens is 342 g/mol. The van der Waals surface area contributed by atoms with Crippen LogP contribution >= 0.6 is 0 Å². The molecule has 0 bridgehead atoms. The minimum atomic E-state index is -3.72. The zero-order chi connectivity index (χ0) is 18.4. The second-order valence-electron chi connectivity index (χ2n) is 5.99. The molecule has 1 amide bonds. The number of methoxy groups -OCH3 is 1. The van der Waals surface area contributed by atoms with Gasteiger partial charge in [0, 0.05) is 38.3 Å². The Morgan fingerprint density at radius 1 is 1.20 bits per heavy atom. The van der Waals surface area contributed by atoms with Crippen LogP contribution in [-0.2, 0) is 10.0 Å². The van der Waals surface area contributed by atoms with Crippen LogP contribution in [0, 0.1) is 0 Å². The topological polar surface area (TPSA) is 79.0 Å². The lowest BCUT2D eigenvalue weighted by atomic mass is 10.1. The third-order valence-electron chi connectivity index (χ3n) is 4.35. The van der Waals surface area contributed by atoms with E-state index in [2.05, 4.69) is 16.5 Å². The van der Waals surface area contributed by atoms with Gasteiger partial charge < -0.3 is 14.5 Å². The summed E-state index contributed by atoms with van der Waals surface area (Å²) < 4.78 is 32.7. The summed E-state index contributed by atoms with van der Waals surface area (Å²) in [5, 5.41) is 0. The molecule has 1 aromatic rings. The largest absolute Gasteiger partial charge is 0.495 e. The first-order valence-corrected chi connectivity index (χ1v) is 10.1. The second-order valence-corrected chi connectivity index (χ2v) is 7.73. The lowest BCUT2D eigenvalue weighted by molar-refractivity contribution is 0.0643. The first-order chi connectivity index (χ1) is 11.9. The second kappa shape index (κ2) is 8.64. The molecule has 0 atom stereocenters. The summed E-state index contributed by atoms with van der Waals surface area (Å²) in [4.78, 5) is 16.8. The number of likely N-dealkylation sites (N-methyl/N-ethyl adjacent to an activating group) is 1. The molecule has 1 aromatic carbocycles. The molecule has 0 saturated carbocycles. The van der Waals surface area contributed by atoms with Gasteiger partial charge in [-0.15, -0.1) is 0 Å². The smallest absolute Gasteiger partial charge is 0.253 e. The monoisotopic (exact) mass is 369 g/mol. The zero-order valence-electron chi connectivity index (χ0n) is 15.1. The lowest BCUT2D eigenvalue weighted by Crippen LogP contribution is -2.48. The normalized spacial score (nSPS) is 16.0. The SMILES string of the molecule is CCCNS(=O)(=O)c1cc(C(=O)N2CCN(CC)CC2)ccc1OC. The number of nitrogens with one attached hydrogen (secondary N) is 1. The average Bonchev–Trinajstić information content (AvgIpc) is 2.65. The maximum Gasteiger partial charge on any atom is 0.253 e. The first kappa shape index (κ1) is 19.7. The maximum atomic E-state index is 12.7. The van der Waals surface area contributed by atoms with Gasteiger partial charge >= 0.3 is 0 Å². The van der Waals surface area contributed by atoms with E-state index in [-0.39, 0.29) is 16.6 Å². The Labute approximate surface area is 150 Å². The van der Waals surface area contributed by atoms with Crippen molar-refractivity contribution < 1.29 is 17.9 Å². The van der Waals surface area contributed by atoms with Crippen LogP contribution in [0.2, 0.25) is 0 Å². The Kier molecular flexibility index (Phi) is 6.80. The van der Waals surface area contributed by atoms with E-state index in [1.54, 1.807) is 11.0 Å². The van der Waals surface area contributed by atoms with Crippen LogP contribution in [-0.4, -0.2) is 70.5 Å². The highest BCUT2D eigenvalue weighted by atomic mass is 32.2. The Bertz CT molecular complexity index is 698. The third kappa shape index (κ3) is 4.71. The highest BCUT2D eigenvalue weighted by Gasteiger charge is 2.25. The fraction of sp³-hybridized carbons (Fsp3) is 0.588. The number of nitrogens with zero attached hydrogens (tertiary/aromatic N) is 2. The number of piperazine rings is 1. The molecule has 8 heteroatoms. The Morgan fingerprint density at radius 3 is 2.44 bits per heavy atom. The van der Waals surface area contributed by atoms with E-state index in [4.69, 9.17) is 4.74 Å². The van der Waals surface area contributed by atoms with Crippen molar-refractivity contribution in [1.82, 2.24) is 14.5 Å². The minimum Gasteiger partial charge on any atom is -0.495 e. The van der Waals surface area contributed by atoms with Crippen LogP contribution in [0.1, 0.15) is 30.6 Å². The van der Waals surface area contributed by atoms with Crippen molar-refractivity contribution in [1.29, 1.82) is 0 Å². The van der Waals surface area contributed by atoms with Gasteiger partial charge in [0.2, 0.25) is 10.0 Å². The number of rotatable bonds is 7. The highest BCUT2D eigenvalue weighted by Crippen LogP contribution is 2.25. The molecule has 7 nitrogen and oxygen atoms in total. The van der Waals surface area contributed by atoms with Gasteiger partial charge in [0.05, 0.1) is 7.11 Å². The van der Waals surface area contributed by atoms with E-state index in [9.17, 15) is 13.2 Å². The van der Waals surface area contributed by atoms with Crippen molar-refractivity contribution in [3.8, 4) is 5.75 Å². The van der Waals surface area contributed by atoms with Gasteiger partial charge in [-0.1, -0.05) is 13.8 Å². The molecule has 0 radical (unpaired) electrons. The molecular formula is C17H27N3O4S. The van der Waals surface area contributed by atoms with E-state index in [0.29, 0.717) is 31.6 Å². The fourth-order valence-electron chi connectivity index (χ4n) is 2.78. The van der Waals surface area contributed by atoms with Crippen LogP contribution < -0.4 is 9.46 Å². The molecule has 25 heavy (non-hydrogen) atoms. The molecule has 0 spiro atoms. The number of benzene rings is 1. The van der Waals surface area contributed by atoms with Crippen LogP contribution in [0.25, 0.3) is 0 Å². The van der Waals surface area contributed by atoms with Gasteiger partial charge in [-0.3, -0.25) is 4.79 Å². The molecule has 1 heterocycles. The van der Waals surface area contributed by atoms with Gasteiger partial charge in [0.25, 0.3) is 5.91 Å². The first-order valence-electron chi connectivity index (χ1n) is 8.62. The van der Waals surface area contributed by atoms with Gasteiger partial charge in [-0.2, -0.15) is 0 Å². The molecule has 1 fully saturated rings. The van der Waals surface area contributed by atoms with Gasteiger partial charge in [-0.25, -0.2) is 13.1 Å². The van der Waals surface area contributed by atoms with Crippen molar-refractivity contribution in [2.45, 2.75) is 25.2 Å². The van der Waals surface area contributed by atoms with Gasteiger partial charge in [0.1, 0.15) is 10.6 Å². The zero-order valence-corrected chi connectivity index (χ0v) is 15.9. The molecule has 0 aromatic heterocycles. The molecule has 140 valence electrons. The molecule has 0 unspecified atom stereocenters. The summed E-state index contributed by atoms with van der Waals surface area (Å²) in [6.45, 7) is 8.25. The van der Waals surface area contributed by atoms with E-state index >= 15 is 0 Å². The van der Waals surface area contributed by atoms with Gasteiger partial charge in [0.15, 0.2) is 0 Å². The third-order valence-corrected chi connectivity index (χ3v) is 5.83. The molecule has 1 aliphatic rings. The van der Waals surface area contributed by atoms with Crippen molar-refractivity contribution >= 4 is 15.9 Å². The number of ether oxygens (including phenoxy) is 1. The summed E-state index contributed by atoms with van der Waals surface area (Å²) in [5.41, 5.74) is 0.364. The van der Waals surface area contributed by atoms with E-state index in [0.717, 1.165) is 19.6 Å². The molecule has 1 aliphatic heterocycles. The van der Waals surface area contributed by atoms with E-state index in [1.807, 2.05) is 6.92 Å². The van der Waals surface area contributed by atoms with Crippen LogP contribution in [0.4, 0.5) is 0 Å². The average molecular weight is 369 g/mol. The summed E-state index contributed by atoms with van der Waals surface area (Å²) in [6.07, 6.45) is 0.682. The number of sulfonamides is 1. The van der Waals surface area contributed by atoms with Crippen molar-refractivity contribution in [3.05, 3.63) is 23.8 Å². The highest BCUT2D eigenvalue weighted by molar-refractivity contribution is 7.89. The van der Waals surface area contributed by atoms with Crippen LogP contribution in [0.5, 0.6) is 5.75 Å². The van der Waals surface area contributed by atoms with E-state index in [1.165, 1.54) is 19.2 Å². The molecule has 1 N–H and O–H groups in total. The lowest BCUT2D eigenvalue weighted by Gasteiger charge is -2.34. The van der Waals surface area contributed by atoms with Crippen LogP contribution in [0.15, 0.2) is 23.1 Å². The molecule has 2 rings (SSSR count). The summed E-state index contributed by atoms with van der Waals surface area (Å²) in [5.74, 6) is 0.0845. The maximum absolute atomic E-state index is 12.7. The number of amides is 1. The van der Waals surface area contributed by atoms with Crippen molar-refractivity contribution in [2.75, 3.05) is 46.4 Å². The van der Waals surface area contributed by atoms with Crippen molar-refractivity contribution in [2.24, 2.45) is 0 Å². The number of carbonyl (C=O) groups excluding carboxylic acids is 1. The fourth-order valence-corrected chi connectivity index (χ4v) is 4.11. The summed E-state index contributed by atoms with van der Waals surface area (Å²) in [6, 6.07) is 4.56. The summed E-state index contributed by atoms with van der Waals surface area (Å²) >= 11 is 0. The number of carbonyl (C=O) groups is 1. The Morgan fingerprint density at radius 2 is 1.88 bits per heavy atom. The number of hydrogen-bond acceptors (Lipinski definition) is 5. The standard InChI is InChI=1S/C17H27N3O4S/c1-4-8-18-25(22,23)16-13-14(6-7-15(16)24-3)17(21)20-11-9-19(5-2)10-12-20/h6-7,13,18H,4-5,8-12H2,1-3H3. The Hall–Kier alpha value is -1.64. The van der Waals surface area contributed by atoms with E-state index < -0.39 is 10.0 Å². The van der Waals surface area contributed by atoms with Gasteiger partial charge in [-0.05, 0) is 31.2 Å². The number of hydrogen-bond donors (Lipinski definition) is 1. The minimum absolute atomic E-state index is 0.00138. The summed E-state index contributed by atoms with van der Waals surface area (Å²) in [7, 11) is -2.30. The predicted molar refractivity (Wildman–Crippen MR) is 96.5 cm³/mol.